The number of piperazine rings is 1. The highest BCUT2D eigenvalue weighted by atomic mass is 32.1. The first-order chi connectivity index (χ1) is 9.95. The van der Waals surface area contributed by atoms with E-state index in [4.69, 9.17) is 0 Å². The molecule has 2 rings (SSSR count). The highest BCUT2D eigenvalue weighted by molar-refractivity contribution is 7.07. The van der Waals surface area contributed by atoms with E-state index in [1.54, 1.807) is 10.4 Å². The molecule has 3 atom stereocenters. The summed E-state index contributed by atoms with van der Waals surface area (Å²) in [4.78, 5) is 31.2. The second kappa shape index (κ2) is 6.56. The van der Waals surface area contributed by atoms with Gasteiger partial charge in [-0.25, -0.2) is 4.98 Å². The molecule has 1 aliphatic rings. The first kappa shape index (κ1) is 15.9. The molecule has 1 aromatic rings. The topological polar surface area (TPSA) is 62.3 Å². The summed E-state index contributed by atoms with van der Waals surface area (Å²) in [5, 5.41) is 4.84. The van der Waals surface area contributed by atoms with Gasteiger partial charge in [0, 0.05) is 5.38 Å². The summed E-state index contributed by atoms with van der Waals surface area (Å²) < 4.78 is 0. The molecule has 0 aliphatic carbocycles. The Kier molecular flexibility index (Phi) is 4.98. The number of carbonyl (C=O) groups excluding carboxylic acids is 2. The zero-order valence-electron chi connectivity index (χ0n) is 13.0. The van der Waals surface area contributed by atoms with E-state index in [0.29, 0.717) is 6.54 Å². The number of thiazole rings is 1. The predicted octanol–water partition coefficient (Wildman–Crippen LogP) is 2.04. The number of hydrogen-bond donors (Lipinski definition) is 1. The first-order valence-corrected chi connectivity index (χ1v) is 8.37. The average Bonchev–Trinajstić information content (AvgIpc) is 2.94. The molecule has 0 aromatic carbocycles. The SMILES string of the molecule is CCC(C)C1NC(=O)C(C(C)C)N(Cc2cscn2)C1=O. The van der Waals surface area contributed by atoms with Crippen molar-refractivity contribution >= 4 is 23.2 Å². The van der Waals surface area contributed by atoms with Crippen LogP contribution in [0.1, 0.15) is 39.8 Å². The van der Waals surface area contributed by atoms with Crippen LogP contribution in [-0.4, -0.2) is 33.8 Å². The van der Waals surface area contributed by atoms with E-state index in [1.807, 2.05) is 33.1 Å². The molecular weight excluding hydrogens is 286 g/mol. The smallest absolute Gasteiger partial charge is 0.246 e. The van der Waals surface area contributed by atoms with Crippen LogP contribution in [0, 0.1) is 11.8 Å². The van der Waals surface area contributed by atoms with Crippen LogP contribution in [0.4, 0.5) is 0 Å². The van der Waals surface area contributed by atoms with Gasteiger partial charge in [0.1, 0.15) is 12.1 Å². The first-order valence-electron chi connectivity index (χ1n) is 7.43. The molecule has 2 heterocycles. The molecule has 1 aliphatic heterocycles. The average molecular weight is 309 g/mol. The molecule has 1 saturated heterocycles. The number of rotatable bonds is 5. The van der Waals surface area contributed by atoms with E-state index < -0.39 is 12.1 Å². The maximum Gasteiger partial charge on any atom is 0.246 e. The Hall–Kier alpha value is -1.43. The Morgan fingerprint density at radius 1 is 1.38 bits per heavy atom. The molecule has 0 spiro atoms. The third-order valence-electron chi connectivity index (χ3n) is 4.11. The Bertz CT molecular complexity index is 501. The molecule has 1 fully saturated rings. The van der Waals surface area contributed by atoms with Crippen molar-refractivity contribution in [3.63, 3.8) is 0 Å². The summed E-state index contributed by atoms with van der Waals surface area (Å²) in [7, 11) is 0. The van der Waals surface area contributed by atoms with Crippen LogP contribution in [0.2, 0.25) is 0 Å². The molecule has 3 unspecified atom stereocenters. The molecule has 116 valence electrons. The van der Waals surface area contributed by atoms with E-state index in [9.17, 15) is 9.59 Å². The van der Waals surface area contributed by atoms with Crippen LogP contribution >= 0.6 is 11.3 Å². The molecule has 1 aromatic heterocycles. The van der Waals surface area contributed by atoms with Gasteiger partial charge in [-0.2, -0.15) is 0 Å². The Labute approximate surface area is 129 Å². The summed E-state index contributed by atoms with van der Waals surface area (Å²) in [5.41, 5.74) is 2.59. The number of nitrogens with one attached hydrogen (secondary N) is 1. The summed E-state index contributed by atoms with van der Waals surface area (Å²) in [5.74, 6) is 0.166. The van der Waals surface area contributed by atoms with Gasteiger partial charge >= 0.3 is 0 Å². The van der Waals surface area contributed by atoms with Gasteiger partial charge in [0.25, 0.3) is 0 Å². The van der Waals surface area contributed by atoms with Crippen molar-refractivity contribution in [3.8, 4) is 0 Å². The summed E-state index contributed by atoms with van der Waals surface area (Å²) in [6.45, 7) is 8.37. The lowest BCUT2D eigenvalue weighted by Crippen LogP contribution is -2.65. The molecule has 0 saturated carbocycles. The number of aromatic nitrogens is 1. The third kappa shape index (κ3) is 3.26. The second-order valence-electron chi connectivity index (χ2n) is 6.01. The quantitative estimate of drug-likeness (QED) is 0.905. The third-order valence-corrected chi connectivity index (χ3v) is 4.75. The number of amides is 2. The van der Waals surface area contributed by atoms with Gasteiger partial charge in [0.2, 0.25) is 11.8 Å². The molecule has 5 nitrogen and oxygen atoms in total. The van der Waals surface area contributed by atoms with E-state index in [-0.39, 0.29) is 23.7 Å². The normalized spacial score (nSPS) is 24.3. The molecule has 1 N–H and O–H groups in total. The summed E-state index contributed by atoms with van der Waals surface area (Å²) in [6.07, 6.45) is 0.855. The molecule has 0 bridgehead atoms. The van der Waals surface area contributed by atoms with Crippen LogP contribution < -0.4 is 5.32 Å². The molecular formula is C15H23N3O2S. The second-order valence-corrected chi connectivity index (χ2v) is 6.73. The van der Waals surface area contributed by atoms with Crippen LogP contribution in [-0.2, 0) is 16.1 Å². The van der Waals surface area contributed by atoms with Gasteiger partial charge in [-0.05, 0) is 11.8 Å². The largest absolute Gasteiger partial charge is 0.342 e. The number of carbonyl (C=O) groups is 2. The van der Waals surface area contributed by atoms with Gasteiger partial charge in [-0.15, -0.1) is 11.3 Å². The van der Waals surface area contributed by atoms with Crippen molar-refractivity contribution in [1.82, 2.24) is 15.2 Å². The monoisotopic (exact) mass is 309 g/mol. The predicted molar refractivity (Wildman–Crippen MR) is 82.7 cm³/mol. The van der Waals surface area contributed by atoms with Gasteiger partial charge in [0.15, 0.2) is 0 Å². The zero-order valence-corrected chi connectivity index (χ0v) is 13.8. The van der Waals surface area contributed by atoms with Crippen molar-refractivity contribution in [3.05, 3.63) is 16.6 Å². The van der Waals surface area contributed by atoms with E-state index >= 15 is 0 Å². The van der Waals surface area contributed by atoms with Gasteiger partial charge < -0.3 is 10.2 Å². The van der Waals surface area contributed by atoms with Crippen molar-refractivity contribution < 1.29 is 9.59 Å². The fourth-order valence-electron chi connectivity index (χ4n) is 2.71. The Morgan fingerprint density at radius 2 is 2.10 bits per heavy atom. The van der Waals surface area contributed by atoms with Gasteiger partial charge in [0.05, 0.1) is 17.7 Å². The van der Waals surface area contributed by atoms with Crippen LogP contribution in [0.3, 0.4) is 0 Å². The standard InChI is InChI=1S/C15H23N3O2S/c1-5-10(4)12-15(20)18(6-11-7-21-8-16-11)13(9(2)3)14(19)17-12/h7-10,12-13H,5-6H2,1-4H3,(H,17,19). The van der Waals surface area contributed by atoms with E-state index in [0.717, 1.165) is 12.1 Å². The minimum atomic E-state index is -0.420. The fraction of sp³-hybridized carbons (Fsp3) is 0.667. The molecule has 21 heavy (non-hydrogen) atoms. The lowest BCUT2D eigenvalue weighted by atomic mass is 9.91. The van der Waals surface area contributed by atoms with Crippen LogP contribution in [0.25, 0.3) is 0 Å². The number of nitrogens with zero attached hydrogens (tertiary/aromatic N) is 2. The summed E-state index contributed by atoms with van der Waals surface area (Å²) in [6, 6.07) is -0.837. The lowest BCUT2D eigenvalue weighted by molar-refractivity contribution is -0.153. The number of hydrogen-bond acceptors (Lipinski definition) is 4. The van der Waals surface area contributed by atoms with Crippen molar-refractivity contribution in [1.29, 1.82) is 0 Å². The van der Waals surface area contributed by atoms with Crippen molar-refractivity contribution in [2.24, 2.45) is 11.8 Å². The van der Waals surface area contributed by atoms with Crippen molar-refractivity contribution in [2.75, 3.05) is 0 Å². The van der Waals surface area contributed by atoms with E-state index in [1.165, 1.54) is 11.3 Å². The fourth-order valence-corrected chi connectivity index (χ4v) is 3.26. The van der Waals surface area contributed by atoms with Crippen LogP contribution in [0.15, 0.2) is 10.9 Å². The maximum atomic E-state index is 12.8. The molecule has 0 radical (unpaired) electrons. The van der Waals surface area contributed by atoms with Crippen molar-refractivity contribution in [2.45, 2.75) is 52.7 Å². The highest BCUT2D eigenvalue weighted by Gasteiger charge is 2.43. The molecule has 6 heteroatoms. The maximum absolute atomic E-state index is 12.8. The minimum Gasteiger partial charge on any atom is -0.342 e. The Morgan fingerprint density at radius 3 is 2.62 bits per heavy atom. The van der Waals surface area contributed by atoms with Gasteiger partial charge in [-0.3, -0.25) is 9.59 Å². The zero-order chi connectivity index (χ0) is 15.6. The summed E-state index contributed by atoms with van der Waals surface area (Å²) >= 11 is 1.50. The van der Waals surface area contributed by atoms with Gasteiger partial charge in [-0.1, -0.05) is 34.1 Å². The van der Waals surface area contributed by atoms with Crippen LogP contribution in [0.5, 0.6) is 0 Å². The Balaban J connectivity index is 2.28. The highest BCUT2D eigenvalue weighted by Crippen LogP contribution is 2.24. The van der Waals surface area contributed by atoms with E-state index in [2.05, 4.69) is 10.3 Å². The lowest BCUT2D eigenvalue weighted by Gasteiger charge is -2.42. The minimum absolute atomic E-state index is 0.00986. The molecule has 2 amide bonds.